The summed E-state index contributed by atoms with van der Waals surface area (Å²) < 4.78 is 12.1. The van der Waals surface area contributed by atoms with Crippen molar-refractivity contribution in [1.29, 1.82) is 0 Å². The molecular formula is C15H18BrN5O2. The molecule has 8 heteroatoms. The Bertz CT molecular complexity index is 712. The van der Waals surface area contributed by atoms with E-state index in [1.165, 1.54) is 6.42 Å². The summed E-state index contributed by atoms with van der Waals surface area (Å²) in [6, 6.07) is 3.80. The van der Waals surface area contributed by atoms with Crippen molar-refractivity contribution in [3.63, 3.8) is 0 Å². The second kappa shape index (κ2) is 5.30. The number of hydrogen-bond acceptors (Lipinski definition) is 7. The fraction of sp³-hybridized carbons (Fsp3) is 0.467. The van der Waals surface area contributed by atoms with Gasteiger partial charge in [-0.3, -0.25) is 4.90 Å². The molecule has 3 aliphatic rings. The quantitative estimate of drug-likeness (QED) is 0.779. The maximum absolute atomic E-state index is 6.27. The summed E-state index contributed by atoms with van der Waals surface area (Å²) in [6.07, 6.45) is 5.09. The zero-order valence-electron chi connectivity index (χ0n) is 12.6. The number of hydrogen-bond donors (Lipinski definition) is 2. The van der Waals surface area contributed by atoms with Crippen molar-refractivity contribution >= 4 is 33.5 Å². The summed E-state index contributed by atoms with van der Waals surface area (Å²) in [5.74, 6) is 1.94. The van der Waals surface area contributed by atoms with E-state index in [0.29, 0.717) is 17.5 Å². The van der Waals surface area contributed by atoms with Crippen molar-refractivity contribution in [2.24, 2.45) is 21.5 Å². The van der Waals surface area contributed by atoms with Gasteiger partial charge >= 0.3 is 0 Å². The minimum Gasteiger partial charge on any atom is -0.454 e. The fourth-order valence-electron chi connectivity index (χ4n) is 3.59. The van der Waals surface area contributed by atoms with Crippen molar-refractivity contribution in [3.8, 4) is 11.5 Å². The maximum Gasteiger partial charge on any atom is 0.231 e. The molecule has 0 saturated heterocycles. The Morgan fingerprint density at radius 3 is 2.70 bits per heavy atom. The van der Waals surface area contributed by atoms with Gasteiger partial charge in [0, 0.05) is 4.47 Å². The molecule has 1 aromatic carbocycles. The molecule has 122 valence electrons. The maximum atomic E-state index is 6.27. The van der Waals surface area contributed by atoms with Gasteiger partial charge in [-0.2, -0.15) is 4.99 Å². The number of guanidine groups is 2. The molecule has 2 heterocycles. The standard InChI is InChI=1S/C15H18BrN5O2/c16-9-4-5-10-12(23-8-22-10)11(9)21-14(18)19-13(17)20-15(21)6-2-1-3-7-15/h4-5H,1-3,6-8H2,(H4,17,18,19,20). The van der Waals surface area contributed by atoms with Crippen LogP contribution in [0.2, 0.25) is 0 Å². The number of nitrogens with zero attached hydrogens (tertiary/aromatic N) is 3. The number of halogens is 1. The molecule has 0 amide bonds. The summed E-state index contributed by atoms with van der Waals surface area (Å²) in [7, 11) is 0. The van der Waals surface area contributed by atoms with E-state index in [1.54, 1.807) is 0 Å². The van der Waals surface area contributed by atoms with Gasteiger partial charge in [0.2, 0.25) is 18.7 Å². The molecule has 4 N–H and O–H groups in total. The number of fused-ring (bicyclic) bond motifs is 1. The van der Waals surface area contributed by atoms with Gasteiger partial charge in [0.25, 0.3) is 0 Å². The van der Waals surface area contributed by atoms with Crippen LogP contribution in [0.1, 0.15) is 32.1 Å². The van der Waals surface area contributed by atoms with Gasteiger partial charge in [0.15, 0.2) is 11.5 Å². The smallest absolute Gasteiger partial charge is 0.231 e. The van der Waals surface area contributed by atoms with Gasteiger partial charge < -0.3 is 20.9 Å². The Morgan fingerprint density at radius 2 is 1.91 bits per heavy atom. The second-order valence-corrected chi connectivity index (χ2v) is 6.80. The highest BCUT2D eigenvalue weighted by Crippen LogP contribution is 2.50. The third kappa shape index (κ3) is 2.23. The molecule has 4 rings (SSSR count). The normalized spacial score (nSPS) is 22.0. The van der Waals surface area contributed by atoms with Gasteiger partial charge in [0.05, 0.1) is 0 Å². The first-order valence-electron chi connectivity index (χ1n) is 7.68. The third-order valence-corrected chi connectivity index (χ3v) is 5.18. The highest BCUT2D eigenvalue weighted by atomic mass is 79.9. The zero-order chi connectivity index (χ0) is 16.0. The van der Waals surface area contributed by atoms with Gasteiger partial charge in [-0.15, -0.1) is 0 Å². The first-order chi connectivity index (χ1) is 11.1. The van der Waals surface area contributed by atoms with E-state index >= 15 is 0 Å². The van der Waals surface area contributed by atoms with Crippen molar-refractivity contribution < 1.29 is 9.47 Å². The zero-order valence-corrected chi connectivity index (χ0v) is 14.2. The van der Waals surface area contributed by atoms with Gasteiger partial charge in [0.1, 0.15) is 11.4 Å². The lowest BCUT2D eigenvalue weighted by Crippen LogP contribution is -2.58. The summed E-state index contributed by atoms with van der Waals surface area (Å²) in [6.45, 7) is 0.197. The number of benzene rings is 1. The number of rotatable bonds is 1. The van der Waals surface area contributed by atoms with Crippen molar-refractivity contribution in [3.05, 3.63) is 16.6 Å². The SMILES string of the molecule is NC1=NC2(CCCCC2)N(c2c(Br)ccc3c2OCO3)C(N)=N1. The summed E-state index contributed by atoms with van der Waals surface area (Å²) >= 11 is 3.61. The van der Waals surface area contributed by atoms with E-state index in [9.17, 15) is 0 Å². The lowest BCUT2D eigenvalue weighted by Gasteiger charge is -2.46. The molecule has 0 bridgehead atoms. The van der Waals surface area contributed by atoms with Crippen LogP contribution < -0.4 is 25.8 Å². The Labute approximate surface area is 142 Å². The average Bonchev–Trinajstić information content (AvgIpc) is 2.98. The van der Waals surface area contributed by atoms with E-state index in [2.05, 4.69) is 25.9 Å². The Morgan fingerprint density at radius 1 is 1.13 bits per heavy atom. The van der Waals surface area contributed by atoms with Crippen LogP contribution in [-0.4, -0.2) is 24.4 Å². The van der Waals surface area contributed by atoms with Crippen molar-refractivity contribution in [2.75, 3.05) is 11.7 Å². The number of nitrogens with two attached hydrogens (primary N) is 2. The topological polar surface area (TPSA) is 98.5 Å². The predicted octanol–water partition coefficient (Wildman–Crippen LogP) is 2.29. The molecule has 1 aliphatic carbocycles. The predicted molar refractivity (Wildman–Crippen MR) is 91.8 cm³/mol. The summed E-state index contributed by atoms with van der Waals surface area (Å²) in [4.78, 5) is 10.8. The van der Waals surface area contributed by atoms with Gasteiger partial charge in [-0.25, -0.2) is 4.99 Å². The first-order valence-corrected chi connectivity index (χ1v) is 8.48. The van der Waals surface area contributed by atoms with Crippen molar-refractivity contribution in [2.45, 2.75) is 37.8 Å². The summed E-state index contributed by atoms with van der Waals surface area (Å²) in [5.41, 5.74) is 12.5. The second-order valence-electron chi connectivity index (χ2n) is 5.95. The minimum atomic E-state index is -0.502. The fourth-order valence-corrected chi connectivity index (χ4v) is 4.08. The monoisotopic (exact) mass is 379 g/mol. The van der Waals surface area contributed by atoms with Crippen LogP contribution in [0.4, 0.5) is 5.69 Å². The Hall–Kier alpha value is -1.96. The number of aliphatic imine (C=N–C) groups is 2. The minimum absolute atomic E-state index is 0.197. The van der Waals surface area contributed by atoms with Gasteiger partial charge in [-0.05, 0) is 53.7 Å². The molecular weight excluding hydrogens is 362 g/mol. The molecule has 0 radical (unpaired) electrons. The summed E-state index contributed by atoms with van der Waals surface area (Å²) in [5, 5.41) is 0. The van der Waals surface area contributed by atoms with Crippen molar-refractivity contribution in [1.82, 2.24) is 0 Å². The molecule has 7 nitrogen and oxygen atoms in total. The third-order valence-electron chi connectivity index (χ3n) is 4.54. The highest BCUT2D eigenvalue weighted by molar-refractivity contribution is 9.10. The van der Waals surface area contributed by atoms with E-state index in [4.69, 9.17) is 20.9 Å². The molecule has 0 aromatic heterocycles. The Kier molecular flexibility index (Phi) is 3.37. The molecule has 1 fully saturated rings. The highest BCUT2D eigenvalue weighted by Gasteiger charge is 2.45. The molecule has 0 atom stereocenters. The molecule has 2 aliphatic heterocycles. The first kappa shape index (κ1) is 14.6. The van der Waals surface area contributed by atoms with Crippen LogP contribution >= 0.6 is 15.9 Å². The molecule has 23 heavy (non-hydrogen) atoms. The largest absolute Gasteiger partial charge is 0.454 e. The molecule has 1 spiro atoms. The van der Waals surface area contributed by atoms with Crippen LogP contribution in [0.25, 0.3) is 0 Å². The van der Waals surface area contributed by atoms with Crippen LogP contribution in [0.5, 0.6) is 11.5 Å². The van der Waals surface area contributed by atoms with Crippen LogP contribution in [0, 0.1) is 0 Å². The average molecular weight is 380 g/mol. The molecule has 1 aromatic rings. The number of ether oxygens (including phenoxy) is 2. The lowest BCUT2D eigenvalue weighted by atomic mass is 9.87. The van der Waals surface area contributed by atoms with E-state index in [-0.39, 0.29) is 12.8 Å². The number of anilines is 1. The van der Waals surface area contributed by atoms with E-state index in [1.807, 2.05) is 17.0 Å². The van der Waals surface area contributed by atoms with E-state index in [0.717, 1.165) is 35.8 Å². The lowest BCUT2D eigenvalue weighted by molar-refractivity contribution is 0.173. The van der Waals surface area contributed by atoms with Crippen LogP contribution in [0.15, 0.2) is 26.6 Å². The Balaban J connectivity index is 1.90. The van der Waals surface area contributed by atoms with Crippen LogP contribution in [-0.2, 0) is 0 Å². The molecule has 1 saturated carbocycles. The van der Waals surface area contributed by atoms with Gasteiger partial charge in [-0.1, -0.05) is 6.42 Å². The van der Waals surface area contributed by atoms with Crippen LogP contribution in [0.3, 0.4) is 0 Å². The molecule has 0 unspecified atom stereocenters. The van der Waals surface area contributed by atoms with E-state index < -0.39 is 5.66 Å².